The smallest absolute Gasteiger partial charge is 0.264 e. The molecule has 1 N–H and O–H groups in total. The quantitative estimate of drug-likeness (QED) is 0.833. The molecule has 2 aromatic rings. The van der Waals surface area contributed by atoms with E-state index in [-0.39, 0.29) is 12.2 Å². The number of aliphatic hydroxyl groups is 1. The Balaban J connectivity index is 2.00. The maximum absolute atomic E-state index is 13.0. The molecule has 3 rings (SSSR count). The van der Waals surface area contributed by atoms with Crippen LogP contribution in [0, 0.1) is 20.8 Å². The van der Waals surface area contributed by atoms with Gasteiger partial charge in [-0.2, -0.15) is 0 Å². The molecule has 2 aromatic carbocycles. The summed E-state index contributed by atoms with van der Waals surface area (Å²) in [6.45, 7) is 8.35. The molecule has 1 aliphatic heterocycles. The summed E-state index contributed by atoms with van der Waals surface area (Å²) in [5.74, 6) is -0.620. The predicted octanol–water partition coefficient (Wildman–Crippen LogP) is 3.83. The minimum absolute atomic E-state index is 0.213. The Kier molecular flexibility index (Phi) is 4.72. The van der Waals surface area contributed by atoms with Crippen molar-refractivity contribution in [2.24, 2.45) is 0 Å². The first-order valence-electron chi connectivity index (χ1n) is 9.04. The highest BCUT2D eigenvalue weighted by atomic mass is 16.3. The van der Waals surface area contributed by atoms with Gasteiger partial charge in [0.2, 0.25) is 0 Å². The van der Waals surface area contributed by atoms with Crippen molar-refractivity contribution in [3.8, 4) is 0 Å². The van der Waals surface area contributed by atoms with Crippen LogP contribution in [-0.2, 0) is 10.4 Å². The Bertz CT molecular complexity index is 887. The molecule has 0 bridgehead atoms. The average molecular weight is 351 g/mol. The molecule has 0 saturated heterocycles. The minimum atomic E-state index is -1.80. The van der Waals surface area contributed by atoms with Gasteiger partial charge in [-0.25, -0.2) is 0 Å². The molecule has 0 aliphatic carbocycles. The summed E-state index contributed by atoms with van der Waals surface area (Å²) >= 11 is 0. The topological polar surface area (TPSA) is 57.6 Å². The molecule has 0 saturated carbocycles. The molecule has 1 amide bonds. The van der Waals surface area contributed by atoms with Gasteiger partial charge in [-0.05, 0) is 56.0 Å². The Morgan fingerprint density at radius 2 is 1.73 bits per heavy atom. The fourth-order valence-corrected chi connectivity index (χ4v) is 3.71. The van der Waals surface area contributed by atoms with E-state index in [1.165, 1.54) is 0 Å². The number of anilines is 1. The first-order chi connectivity index (χ1) is 12.3. The lowest BCUT2D eigenvalue weighted by Crippen LogP contribution is -2.42. The number of benzene rings is 2. The van der Waals surface area contributed by atoms with Crippen molar-refractivity contribution in [3.63, 3.8) is 0 Å². The number of nitrogens with zero attached hydrogens (tertiary/aromatic N) is 1. The number of para-hydroxylation sites is 1. The number of hydrogen-bond donors (Lipinski definition) is 1. The molecule has 0 radical (unpaired) electrons. The number of ketones is 1. The molecule has 136 valence electrons. The highest BCUT2D eigenvalue weighted by Crippen LogP contribution is 2.43. The highest BCUT2D eigenvalue weighted by Gasteiger charge is 2.50. The summed E-state index contributed by atoms with van der Waals surface area (Å²) < 4.78 is 0. The molecule has 0 aromatic heterocycles. The van der Waals surface area contributed by atoms with E-state index in [1.807, 2.05) is 52.0 Å². The molecule has 0 unspecified atom stereocenters. The minimum Gasteiger partial charge on any atom is -0.375 e. The first kappa shape index (κ1) is 18.3. The van der Waals surface area contributed by atoms with Crippen molar-refractivity contribution >= 4 is 17.4 Å². The fraction of sp³-hybridized carbons (Fsp3) is 0.364. The number of Topliss-reactive ketones (excluding diaryl/α,β-unsaturated/α-hetero) is 1. The predicted molar refractivity (Wildman–Crippen MR) is 103 cm³/mol. The van der Waals surface area contributed by atoms with Crippen molar-refractivity contribution < 1.29 is 14.7 Å². The van der Waals surface area contributed by atoms with Crippen molar-refractivity contribution in [2.75, 3.05) is 11.4 Å². The third kappa shape index (κ3) is 2.84. The largest absolute Gasteiger partial charge is 0.375 e. The van der Waals surface area contributed by atoms with Crippen molar-refractivity contribution in [3.05, 3.63) is 64.2 Å². The van der Waals surface area contributed by atoms with Gasteiger partial charge >= 0.3 is 0 Å². The summed E-state index contributed by atoms with van der Waals surface area (Å²) in [5.41, 5.74) is 3.01. The maximum atomic E-state index is 13.0. The van der Waals surface area contributed by atoms with Gasteiger partial charge in [-0.3, -0.25) is 9.59 Å². The van der Waals surface area contributed by atoms with Gasteiger partial charge in [0.15, 0.2) is 11.4 Å². The first-order valence-corrected chi connectivity index (χ1v) is 9.04. The summed E-state index contributed by atoms with van der Waals surface area (Å²) in [4.78, 5) is 27.5. The molecule has 1 atom stereocenters. The number of carbonyl (C=O) groups excluding carboxylic acids is 2. The lowest BCUT2D eigenvalue weighted by molar-refractivity contribution is -0.135. The maximum Gasteiger partial charge on any atom is 0.264 e. The van der Waals surface area contributed by atoms with Gasteiger partial charge in [0.25, 0.3) is 5.91 Å². The third-order valence-electron chi connectivity index (χ3n) is 5.24. The Labute approximate surface area is 154 Å². The van der Waals surface area contributed by atoms with Crippen molar-refractivity contribution in [2.45, 2.75) is 46.1 Å². The molecular weight excluding hydrogens is 326 g/mol. The van der Waals surface area contributed by atoms with E-state index in [1.54, 1.807) is 17.0 Å². The van der Waals surface area contributed by atoms with Gasteiger partial charge in [0, 0.05) is 17.7 Å². The zero-order valence-electron chi connectivity index (χ0n) is 15.8. The third-order valence-corrected chi connectivity index (χ3v) is 5.24. The molecule has 1 aliphatic rings. The van der Waals surface area contributed by atoms with Crippen LogP contribution in [0.2, 0.25) is 0 Å². The monoisotopic (exact) mass is 351 g/mol. The number of amides is 1. The molecule has 0 spiro atoms. The lowest BCUT2D eigenvalue weighted by atomic mass is 9.86. The van der Waals surface area contributed by atoms with E-state index >= 15 is 0 Å². The zero-order chi connectivity index (χ0) is 19.1. The van der Waals surface area contributed by atoms with E-state index in [2.05, 4.69) is 0 Å². The summed E-state index contributed by atoms with van der Waals surface area (Å²) in [5, 5.41) is 11.2. The summed E-state index contributed by atoms with van der Waals surface area (Å²) in [7, 11) is 0. The Morgan fingerprint density at radius 3 is 2.42 bits per heavy atom. The van der Waals surface area contributed by atoms with Crippen LogP contribution in [0.5, 0.6) is 0 Å². The summed E-state index contributed by atoms with van der Waals surface area (Å²) in [6, 6.07) is 11.0. The van der Waals surface area contributed by atoms with Gasteiger partial charge in [0.1, 0.15) is 0 Å². The lowest BCUT2D eigenvalue weighted by Gasteiger charge is -2.23. The van der Waals surface area contributed by atoms with Crippen LogP contribution in [-0.4, -0.2) is 23.3 Å². The van der Waals surface area contributed by atoms with Crippen LogP contribution in [0.25, 0.3) is 0 Å². The highest BCUT2D eigenvalue weighted by molar-refractivity contribution is 6.11. The van der Waals surface area contributed by atoms with Crippen LogP contribution in [0.1, 0.15) is 52.4 Å². The molecule has 4 heteroatoms. The molecular formula is C22H25NO3. The second kappa shape index (κ2) is 6.69. The van der Waals surface area contributed by atoms with E-state index in [0.717, 1.165) is 23.1 Å². The Hall–Kier alpha value is -2.46. The molecule has 0 fully saturated rings. The van der Waals surface area contributed by atoms with Crippen LogP contribution in [0.3, 0.4) is 0 Å². The van der Waals surface area contributed by atoms with E-state index in [9.17, 15) is 14.7 Å². The van der Waals surface area contributed by atoms with Crippen molar-refractivity contribution in [1.82, 2.24) is 0 Å². The van der Waals surface area contributed by atoms with Gasteiger partial charge in [-0.15, -0.1) is 0 Å². The number of aryl methyl sites for hydroxylation is 3. The SMILES string of the molecule is CCCN1C(=O)[C@@](O)(CC(=O)c2cc(C)c(C)cc2C)c2ccccc21. The second-order valence-electron chi connectivity index (χ2n) is 7.19. The van der Waals surface area contributed by atoms with Gasteiger partial charge < -0.3 is 10.0 Å². The molecule has 26 heavy (non-hydrogen) atoms. The van der Waals surface area contributed by atoms with E-state index < -0.39 is 11.5 Å². The molecule has 1 heterocycles. The van der Waals surface area contributed by atoms with Crippen LogP contribution >= 0.6 is 0 Å². The standard InChI is InChI=1S/C22H25NO3/c1-5-10-23-19-9-7-6-8-18(19)22(26,21(23)25)13-20(24)17-12-15(3)14(2)11-16(17)4/h6-9,11-12,26H,5,10,13H2,1-4H3/t22-/m1/s1. The second-order valence-corrected chi connectivity index (χ2v) is 7.19. The van der Waals surface area contributed by atoms with Gasteiger partial charge in [0.05, 0.1) is 12.1 Å². The van der Waals surface area contributed by atoms with Crippen LogP contribution in [0.4, 0.5) is 5.69 Å². The normalized spacial score (nSPS) is 19.0. The summed E-state index contributed by atoms with van der Waals surface area (Å²) in [6.07, 6.45) is 0.534. The number of rotatable bonds is 5. The number of fused-ring (bicyclic) bond motifs is 1. The van der Waals surface area contributed by atoms with E-state index in [0.29, 0.717) is 23.4 Å². The number of carbonyl (C=O) groups is 2. The zero-order valence-corrected chi connectivity index (χ0v) is 15.8. The fourth-order valence-electron chi connectivity index (χ4n) is 3.71. The average Bonchev–Trinajstić information content (AvgIpc) is 2.81. The van der Waals surface area contributed by atoms with Gasteiger partial charge in [-0.1, -0.05) is 31.2 Å². The van der Waals surface area contributed by atoms with E-state index in [4.69, 9.17) is 0 Å². The Morgan fingerprint density at radius 1 is 1.08 bits per heavy atom. The van der Waals surface area contributed by atoms with Crippen molar-refractivity contribution in [1.29, 1.82) is 0 Å². The number of hydrogen-bond acceptors (Lipinski definition) is 3. The van der Waals surface area contributed by atoms with Crippen LogP contribution < -0.4 is 4.90 Å². The van der Waals surface area contributed by atoms with Crippen LogP contribution in [0.15, 0.2) is 36.4 Å². The molecule has 4 nitrogen and oxygen atoms in total.